The molecule has 114 valence electrons. The van der Waals surface area contributed by atoms with Gasteiger partial charge >= 0.3 is 0 Å². The van der Waals surface area contributed by atoms with E-state index in [9.17, 15) is 8.42 Å². The van der Waals surface area contributed by atoms with Gasteiger partial charge in [0.05, 0.1) is 14.7 Å². The lowest BCUT2D eigenvalue weighted by Crippen LogP contribution is -2.33. The van der Waals surface area contributed by atoms with Gasteiger partial charge in [0, 0.05) is 11.4 Å². The van der Waals surface area contributed by atoms with Crippen LogP contribution in [0.1, 0.15) is 35.4 Å². The quantitative estimate of drug-likeness (QED) is 0.873. The van der Waals surface area contributed by atoms with Gasteiger partial charge in [0.2, 0.25) is 10.0 Å². The van der Waals surface area contributed by atoms with Crippen molar-refractivity contribution in [2.24, 2.45) is 0 Å². The molecule has 0 aromatic carbocycles. The Bertz CT molecular complexity index is 781. The second kappa shape index (κ2) is 5.45. The first-order valence-electron chi connectivity index (χ1n) is 6.56. The number of aryl methyl sites for hydroxylation is 3. The van der Waals surface area contributed by atoms with Crippen molar-refractivity contribution in [3.8, 4) is 0 Å². The highest BCUT2D eigenvalue weighted by Gasteiger charge is 2.29. The van der Waals surface area contributed by atoms with Gasteiger partial charge in [-0.25, -0.2) is 22.8 Å². The minimum absolute atomic E-state index is 0.317. The van der Waals surface area contributed by atoms with E-state index in [2.05, 4.69) is 30.7 Å². The third-order valence-corrected chi connectivity index (χ3v) is 6.69. The van der Waals surface area contributed by atoms with Gasteiger partial charge in [-0.05, 0) is 48.7 Å². The second-order valence-corrected chi connectivity index (χ2v) is 9.35. The van der Waals surface area contributed by atoms with Crippen LogP contribution in [-0.2, 0) is 16.6 Å². The fraction of sp³-hybridized carbons (Fsp3) is 0.500. The first-order valence-corrected chi connectivity index (χ1v) is 9.66. The van der Waals surface area contributed by atoms with Gasteiger partial charge in [-0.1, -0.05) is 0 Å². The number of sulfonamides is 1. The van der Waals surface area contributed by atoms with E-state index in [0.29, 0.717) is 16.5 Å². The summed E-state index contributed by atoms with van der Waals surface area (Å²) in [5.41, 5.74) is 0. The molecule has 0 aliphatic carbocycles. The van der Waals surface area contributed by atoms with E-state index in [4.69, 9.17) is 0 Å². The molecule has 0 spiro atoms. The number of nitrogens with one attached hydrogen (secondary N) is 1. The van der Waals surface area contributed by atoms with Crippen LogP contribution >= 0.6 is 27.3 Å². The minimum Gasteiger partial charge on any atom is -0.248 e. The SMILES string of the molecule is Cc1nc2n(n1)CCC[C@H]2NS(=O)(=O)c1cc(Br)sc1C. The number of halogens is 1. The molecule has 9 heteroatoms. The van der Waals surface area contributed by atoms with Crippen LogP contribution in [-0.4, -0.2) is 23.2 Å². The van der Waals surface area contributed by atoms with E-state index in [1.54, 1.807) is 17.7 Å². The molecule has 2 aromatic heterocycles. The number of hydrogen-bond acceptors (Lipinski definition) is 5. The zero-order chi connectivity index (χ0) is 15.2. The number of thiophene rings is 1. The second-order valence-electron chi connectivity index (χ2n) is 5.03. The fourth-order valence-corrected chi connectivity index (χ4v) is 6.17. The summed E-state index contributed by atoms with van der Waals surface area (Å²) in [4.78, 5) is 5.45. The summed E-state index contributed by atoms with van der Waals surface area (Å²) in [7, 11) is -3.55. The molecule has 1 atom stereocenters. The van der Waals surface area contributed by atoms with Crippen LogP contribution in [0.25, 0.3) is 0 Å². The molecule has 1 aliphatic heterocycles. The third kappa shape index (κ3) is 2.92. The van der Waals surface area contributed by atoms with Crippen molar-refractivity contribution in [1.82, 2.24) is 19.5 Å². The third-order valence-electron chi connectivity index (χ3n) is 3.41. The predicted octanol–water partition coefficient (Wildman–Crippen LogP) is 2.53. The lowest BCUT2D eigenvalue weighted by Gasteiger charge is -2.22. The minimum atomic E-state index is -3.55. The van der Waals surface area contributed by atoms with Gasteiger partial charge in [0.1, 0.15) is 11.6 Å². The Morgan fingerprint density at radius 1 is 1.48 bits per heavy atom. The van der Waals surface area contributed by atoms with Gasteiger partial charge in [-0.3, -0.25) is 0 Å². The van der Waals surface area contributed by atoms with Crippen molar-refractivity contribution in [2.45, 2.75) is 44.2 Å². The van der Waals surface area contributed by atoms with E-state index < -0.39 is 10.0 Å². The van der Waals surface area contributed by atoms with Gasteiger partial charge < -0.3 is 0 Å². The van der Waals surface area contributed by atoms with Gasteiger partial charge in [0.25, 0.3) is 0 Å². The van der Waals surface area contributed by atoms with Gasteiger partial charge in [-0.2, -0.15) is 5.10 Å². The molecule has 1 N–H and O–H groups in total. The molecule has 0 saturated heterocycles. The van der Waals surface area contributed by atoms with Crippen molar-refractivity contribution >= 4 is 37.3 Å². The zero-order valence-corrected chi connectivity index (χ0v) is 14.8. The molecule has 0 fully saturated rings. The van der Waals surface area contributed by atoms with E-state index in [-0.39, 0.29) is 6.04 Å². The van der Waals surface area contributed by atoms with E-state index in [1.807, 2.05) is 6.92 Å². The molecule has 2 aromatic rings. The standard InChI is InChI=1S/C12H15BrN4O2S2/c1-7-10(6-11(13)20-7)21(18,19)16-9-4-3-5-17-12(9)14-8(2)15-17/h6,9,16H,3-5H2,1-2H3/t9-/m1/s1. The molecule has 0 radical (unpaired) electrons. The van der Waals surface area contributed by atoms with Crippen LogP contribution in [0, 0.1) is 13.8 Å². The molecular weight excluding hydrogens is 376 g/mol. The average molecular weight is 391 g/mol. The number of aromatic nitrogens is 3. The van der Waals surface area contributed by atoms with Crippen LogP contribution in [0.2, 0.25) is 0 Å². The fourth-order valence-electron chi connectivity index (χ4n) is 2.53. The monoisotopic (exact) mass is 390 g/mol. The maximum atomic E-state index is 12.6. The molecule has 1 aliphatic rings. The summed E-state index contributed by atoms with van der Waals surface area (Å²) >= 11 is 4.74. The van der Waals surface area contributed by atoms with E-state index in [0.717, 1.165) is 28.0 Å². The number of fused-ring (bicyclic) bond motifs is 1. The molecule has 6 nitrogen and oxygen atoms in total. The Labute approximate surface area is 135 Å². The molecular formula is C12H15BrN4O2S2. The topological polar surface area (TPSA) is 76.9 Å². The van der Waals surface area contributed by atoms with Crippen molar-refractivity contribution in [2.75, 3.05) is 0 Å². The molecule has 3 rings (SSSR count). The summed E-state index contributed by atoms with van der Waals surface area (Å²) < 4.78 is 30.5. The first-order chi connectivity index (χ1) is 9.87. The van der Waals surface area contributed by atoms with Crippen LogP contribution in [0.15, 0.2) is 14.7 Å². The zero-order valence-electron chi connectivity index (χ0n) is 11.6. The van der Waals surface area contributed by atoms with Crippen molar-refractivity contribution < 1.29 is 8.42 Å². The summed E-state index contributed by atoms with van der Waals surface area (Å²) in [5, 5.41) is 4.29. The van der Waals surface area contributed by atoms with Crippen molar-refractivity contribution in [1.29, 1.82) is 0 Å². The maximum absolute atomic E-state index is 12.6. The highest BCUT2D eigenvalue weighted by molar-refractivity contribution is 9.11. The summed E-state index contributed by atoms with van der Waals surface area (Å²) in [6.45, 7) is 4.41. The average Bonchev–Trinajstić information content (AvgIpc) is 2.92. The molecule has 0 unspecified atom stereocenters. The van der Waals surface area contributed by atoms with Gasteiger partial charge in [-0.15, -0.1) is 11.3 Å². The molecule has 0 saturated carbocycles. The predicted molar refractivity (Wildman–Crippen MR) is 83.8 cm³/mol. The molecule has 0 amide bonds. The van der Waals surface area contributed by atoms with Crippen LogP contribution in [0.5, 0.6) is 0 Å². The van der Waals surface area contributed by atoms with Crippen LogP contribution in [0.4, 0.5) is 0 Å². The highest BCUT2D eigenvalue weighted by atomic mass is 79.9. The Hall–Kier alpha value is -0.770. The summed E-state index contributed by atoms with van der Waals surface area (Å²) in [6, 6.07) is 1.32. The Balaban J connectivity index is 1.92. The van der Waals surface area contributed by atoms with E-state index in [1.165, 1.54) is 11.3 Å². The normalized spacial score (nSPS) is 18.7. The largest absolute Gasteiger partial charge is 0.248 e. The lowest BCUT2D eigenvalue weighted by atomic mass is 10.1. The van der Waals surface area contributed by atoms with Crippen LogP contribution < -0.4 is 4.72 Å². The Morgan fingerprint density at radius 3 is 2.90 bits per heavy atom. The summed E-state index contributed by atoms with van der Waals surface area (Å²) in [5.74, 6) is 1.37. The number of hydrogen-bond donors (Lipinski definition) is 1. The van der Waals surface area contributed by atoms with Crippen molar-refractivity contribution in [3.63, 3.8) is 0 Å². The molecule has 21 heavy (non-hydrogen) atoms. The Morgan fingerprint density at radius 2 is 2.24 bits per heavy atom. The highest BCUT2D eigenvalue weighted by Crippen LogP contribution is 2.31. The molecule has 3 heterocycles. The van der Waals surface area contributed by atoms with Crippen molar-refractivity contribution in [3.05, 3.63) is 26.4 Å². The maximum Gasteiger partial charge on any atom is 0.242 e. The smallest absolute Gasteiger partial charge is 0.242 e. The number of rotatable bonds is 3. The van der Waals surface area contributed by atoms with Gasteiger partial charge in [0.15, 0.2) is 0 Å². The Kier molecular flexibility index (Phi) is 3.93. The summed E-state index contributed by atoms with van der Waals surface area (Å²) in [6.07, 6.45) is 1.62. The first kappa shape index (κ1) is 15.1. The molecule has 0 bridgehead atoms. The van der Waals surface area contributed by atoms with Crippen LogP contribution in [0.3, 0.4) is 0 Å². The number of nitrogens with zero attached hydrogens (tertiary/aromatic N) is 3. The van der Waals surface area contributed by atoms with E-state index >= 15 is 0 Å². The lowest BCUT2D eigenvalue weighted by molar-refractivity contribution is 0.399.